The van der Waals surface area contributed by atoms with Crippen LogP contribution in [0.15, 0.2) is 85.1 Å². The summed E-state index contributed by atoms with van der Waals surface area (Å²) in [6.07, 6.45) is -2.83. The van der Waals surface area contributed by atoms with E-state index in [2.05, 4.69) is 22.3 Å². The normalized spacial score (nSPS) is 10.9. The molecular formula is C27H20F3N3O2. The van der Waals surface area contributed by atoms with Crippen LogP contribution >= 0.6 is 0 Å². The molecular weight excluding hydrogens is 455 g/mol. The number of methoxy groups -OCH3 is 1. The van der Waals surface area contributed by atoms with Crippen LogP contribution in [0, 0.1) is 11.8 Å². The molecule has 5 nitrogen and oxygen atoms in total. The van der Waals surface area contributed by atoms with Crippen molar-refractivity contribution in [1.82, 2.24) is 15.1 Å². The third-order valence-electron chi connectivity index (χ3n) is 5.10. The quantitative estimate of drug-likeness (QED) is 0.396. The van der Waals surface area contributed by atoms with E-state index in [1.54, 1.807) is 23.0 Å². The van der Waals surface area contributed by atoms with Crippen molar-refractivity contribution >= 4 is 5.91 Å². The van der Waals surface area contributed by atoms with E-state index in [0.29, 0.717) is 22.6 Å². The minimum Gasteiger partial charge on any atom is -0.496 e. The molecule has 0 unspecified atom stereocenters. The van der Waals surface area contributed by atoms with Gasteiger partial charge in [-0.3, -0.25) is 4.79 Å². The molecule has 0 aliphatic carbocycles. The van der Waals surface area contributed by atoms with Gasteiger partial charge in [0.05, 0.1) is 30.5 Å². The lowest BCUT2D eigenvalue weighted by molar-refractivity contribution is -0.137. The highest BCUT2D eigenvalue weighted by atomic mass is 19.4. The standard InChI is InChI=1S/C27H20F3N3O2/c1-35-24-15-6-5-14-22(24)25-23(18-33(32-25)21-12-3-2-4-13-21)26(34)31-16-8-10-19-9-7-11-20(17-19)27(28,29)30/h2-7,9,11-15,17-18H,16H2,1H3,(H,31,34). The summed E-state index contributed by atoms with van der Waals surface area (Å²) in [6.45, 7) is -0.0586. The second-order valence-corrected chi connectivity index (χ2v) is 7.43. The predicted octanol–water partition coefficient (Wildman–Crippen LogP) is 5.35. The number of carbonyl (C=O) groups is 1. The van der Waals surface area contributed by atoms with Crippen LogP contribution in [0.1, 0.15) is 21.5 Å². The third-order valence-corrected chi connectivity index (χ3v) is 5.10. The number of ether oxygens (including phenoxy) is 1. The topological polar surface area (TPSA) is 56.2 Å². The summed E-state index contributed by atoms with van der Waals surface area (Å²) < 4.78 is 45.7. The fourth-order valence-corrected chi connectivity index (χ4v) is 3.43. The minimum absolute atomic E-state index is 0.0586. The van der Waals surface area contributed by atoms with Gasteiger partial charge < -0.3 is 10.1 Å². The lowest BCUT2D eigenvalue weighted by Gasteiger charge is -2.07. The number of carbonyl (C=O) groups excluding carboxylic acids is 1. The molecule has 35 heavy (non-hydrogen) atoms. The van der Waals surface area contributed by atoms with Crippen molar-refractivity contribution in [3.63, 3.8) is 0 Å². The monoisotopic (exact) mass is 475 g/mol. The van der Waals surface area contributed by atoms with Crippen LogP contribution in [0.2, 0.25) is 0 Å². The van der Waals surface area contributed by atoms with Gasteiger partial charge in [-0.15, -0.1) is 0 Å². The van der Waals surface area contributed by atoms with Crippen molar-refractivity contribution in [2.75, 3.05) is 13.7 Å². The fourth-order valence-electron chi connectivity index (χ4n) is 3.43. The zero-order valence-corrected chi connectivity index (χ0v) is 18.6. The molecule has 3 aromatic carbocycles. The second-order valence-electron chi connectivity index (χ2n) is 7.43. The summed E-state index contributed by atoms with van der Waals surface area (Å²) in [4.78, 5) is 13.1. The van der Waals surface area contributed by atoms with Crippen LogP contribution in [0.5, 0.6) is 5.75 Å². The van der Waals surface area contributed by atoms with Crippen molar-refractivity contribution in [3.8, 4) is 34.5 Å². The number of benzene rings is 3. The van der Waals surface area contributed by atoms with Crippen molar-refractivity contribution in [2.24, 2.45) is 0 Å². The number of hydrogen-bond donors (Lipinski definition) is 1. The number of para-hydroxylation sites is 2. The van der Waals surface area contributed by atoms with Crippen molar-refractivity contribution in [2.45, 2.75) is 6.18 Å². The molecule has 0 atom stereocenters. The van der Waals surface area contributed by atoms with E-state index < -0.39 is 17.6 Å². The zero-order valence-electron chi connectivity index (χ0n) is 18.6. The van der Waals surface area contributed by atoms with Crippen molar-refractivity contribution in [3.05, 3.63) is 102 Å². The second kappa shape index (κ2) is 10.2. The summed E-state index contributed by atoms with van der Waals surface area (Å²) in [5, 5.41) is 7.32. The predicted molar refractivity (Wildman–Crippen MR) is 126 cm³/mol. The van der Waals surface area contributed by atoms with Crippen LogP contribution in [-0.4, -0.2) is 29.3 Å². The van der Waals surface area contributed by atoms with Gasteiger partial charge in [0, 0.05) is 17.3 Å². The van der Waals surface area contributed by atoms with E-state index in [9.17, 15) is 18.0 Å². The van der Waals surface area contributed by atoms with E-state index in [1.807, 2.05) is 42.5 Å². The molecule has 0 radical (unpaired) electrons. The molecule has 1 aromatic heterocycles. The summed E-state index contributed by atoms with van der Waals surface area (Å²) in [5.41, 5.74) is 1.58. The molecule has 4 rings (SSSR count). The van der Waals surface area contributed by atoms with Crippen LogP contribution in [-0.2, 0) is 6.18 Å². The number of rotatable bonds is 5. The summed E-state index contributed by atoms with van der Waals surface area (Å²) in [5.74, 6) is 5.49. The van der Waals surface area contributed by atoms with Gasteiger partial charge >= 0.3 is 6.18 Å². The Bertz CT molecular complexity index is 1400. The number of alkyl halides is 3. The van der Waals surface area contributed by atoms with E-state index in [1.165, 1.54) is 19.2 Å². The molecule has 1 N–H and O–H groups in total. The lowest BCUT2D eigenvalue weighted by Crippen LogP contribution is -2.23. The van der Waals surface area contributed by atoms with E-state index in [0.717, 1.165) is 17.8 Å². The Morgan fingerprint density at radius 1 is 1.03 bits per heavy atom. The highest BCUT2D eigenvalue weighted by molar-refractivity contribution is 6.00. The van der Waals surface area contributed by atoms with Gasteiger partial charge in [0.25, 0.3) is 5.91 Å². The van der Waals surface area contributed by atoms with E-state index in [-0.39, 0.29) is 12.1 Å². The molecule has 0 bridgehead atoms. The number of amides is 1. The number of nitrogens with one attached hydrogen (secondary N) is 1. The Kier molecular flexibility index (Phi) is 6.88. The summed E-state index contributed by atoms with van der Waals surface area (Å²) in [7, 11) is 1.54. The first-order chi connectivity index (χ1) is 16.9. The van der Waals surface area contributed by atoms with Crippen LogP contribution < -0.4 is 10.1 Å². The van der Waals surface area contributed by atoms with Gasteiger partial charge in [0.2, 0.25) is 0 Å². The third kappa shape index (κ3) is 5.53. The van der Waals surface area contributed by atoms with Crippen LogP contribution in [0.25, 0.3) is 16.9 Å². The maximum absolute atomic E-state index is 13.1. The molecule has 4 aromatic rings. The summed E-state index contributed by atoms with van der Waals surface area (Å²) >= 11 is 0. The van der Waals surface area contributed by atoms with Crippen LogP contribution in [0.3, 0.4) is 0 Å². The Morgan fingerprint density at radius 3 is 2.51 bits per heavy atom. The highest BCUT2D eigenvalue weighted by Gasteiger charge is 2.30. The number of aromatic nitrogens is 2. The molecule has 176 valence electrons. The lowest BCUT2D eigenvalue weighted by atomic mass is 10.1. The first-order valence-corrected chi connectivity index (χ1v) is 10.6. The Hall–Kier alpha value is -4.51. The first kappa shape index (κ1) is 23.6. The SMILES string of the molecule is COc1ccccc1-c1nn(-c2ccccc2)cc1C(=O)NCC#Cc1cccc(C(F)(F)F)c1. The molecule has 0 aliphatic heterocycles. The number of halogens is 3. The molecule has 0 spiro atoms. The Balaban J connectivity index is 1.59. The molecule has 0 saturated heterocycles. The molecule has 8 heteroatoms. The Morgan fingerprint density at radius 2 is 1.77 bits per heavy atom. The average molecular weight is 475 g/mol. The maximum Gasteiger partial charge on any atom is 0.416 e. The number of hydrogen-bond acceptors (Lipinski definition) is 3. The molecule has 0 saturated carbocycles. The Labute approximate surface area is 200 Å². The van der Waals surface area contributed by atoms with Crippen molar-refractivity contribution < 1.29 is 22.7 Å². The smallest absolute Gasteiger partial charge is 0.416 e. The largest absolute Gasteiger partial charge is 0.496 e. The average Bonchev–Trinajstić information content (AvgIpc) is 3.32. The van der Waals surface area contributed by atoms with Gasteiger partial charge in [0.1, 0.15) is 11.4 Å². The maximum atomic E-state index is 13.1. The highest BCUT2D eigenvalue weighted by Crippen LogP contribution is 2.32. The van der Waals surface area contributed by atoms with Gasteiger partial charge in [-0.2, -0.15) is 18.3 Å². The van der Waals surface area contributed by atoms with Gasteiger partial charge in [-0.1, -0.05) is 48.2 Å². The first-order valence-electron chi connectivity index (χ1n) is 10.6. The van der Waals surface area contributed by atoms with Gasteiger partial charge in [-0.25, -0.2) is 4.68 Å². The molecule has 0 aliphatic rings. The van der Waals surface area contributed by atoms with E-state index in [4.69, 9.17) is 4.74 Å². The van der Waals surface area contributed by atoms with E-state index >= 15 is 0 Å². The summed E-state index contributed by atoms with van der Waals surface area (Å²) in [6, 6.07) is 21.3. The van der Waals surface area contributed by atoms with Crippen LogP contribution in [0.4, 0.5) is 13.2 Å². The molecule has 1 heterocycles. The number of nitrogens with zero attached hydrogens (tertiary/aromatic N) is 2. The molecule has 1 amide bonds. The molecule has 0 fully saturated rings. The van der Waals surface area contributed by atoms with Gasteiger partial charge in [-0.05, 0) is 42.5 Å². The zero-order chi connectivity index (χ0) is 24.8. The van der Waals surface area contributed by atoms with Gasteiger partial charge in [0.15, 0.2) is 0 Å². The van der Waals surface area contributed by atoms with Crippen molar-refractivity contribution in [1.29, 1.82) is 0 Å². The fraction of sp³-hybridized carbons (Fsp3) is 0.111. The minimum atomic E-state index is -4.44.